The van der Waals surface area contributed by atoms with Gasteiger partial charge in [0.05, 0.1) is 0 Å². The molecular weight excluding hydrogens is 180 g/mol. The quantitative estimate of drug-likeness (QED) is 0.720. The SMILES string of the molecule is CN1CCCC1CNc1nnnn1C. The van der Waals surface area contributed by atoms with Crippen molar-refractivity contribution < 1.29 is 0 Å². The van der Waals surface area contributed by atoms with Crippen LogP contribution in [0.15, 0.2) is 0 Å². The predicted octanol–water partition coefficient (Wildman–Crippen LogP) is -0.284. The molecule has 1 aromatic rings. The van der Waals surface area contributed by atoms with Crippen molar-refractivity contribution in [1.29, 1.82) is 0 Å². The van der Waals surface area contributed by atoms with Crippen molar-refractivity contribution >= 4 is 5.95 Å². The second-order valence-corrected chi connectivity index (χ2v) is 3.78. The lowest BCUT2D eigenvalue weighted by molar-refractivity contribution is 0.321. The molecule has 0 radical (unpaired) electrons. The highest BCUT2D eigenvalue weighted by Gasteiger charge is 2.20. The number of aryl methyl sites for hydroxylation is 1. The standard InChI is InChI=1S/C8H16N6/c1-13-5-3-4-7(13)6-9-8-10-11-12-14(8)2/h7H,3-6H2,1-2H3,(H,9,10,12). The summed E-state index contributed by atoms with van der Waals surface area (Å²) in [5, 5.41) is 14.5. The van der Waals surface area contributed by atoms with Crippen LogP contribution < -0.4 is 5.32 Å². The summed E-state index contributed by atoms with van der Waals surface area (Å²) in [7, 11) is 4.00. The van der Waals surface area contributed by atoms with Crippen LogP contribution >= 0.6 is 0 Å². The molecule has 2 rings (SSSR count). The fraction of sp³-hybridized carbons (Fsp3) is 0.875. The molecule has 1 N–H and O–H groups in total. The van der Waals surface area contributed by atoms with Crippen molar-refractivity contribution in [2.45, 2.75) is 18.9 Å². The molecule has 1 aliphatic heterocycles. The van der Waals surface area contributed by atoms with Crippen LogP contribution in [-0.2, 0) is 7.05 Å². The van der Waals surface area contributed by atoms with Gasteiger partial charge in [0.1, 0.15) is 0 Å². The van der Waals surface area contributed by atoms with E-state index in [4.69, 9.17) is 0 Å². The summed E-state index contributed by atoms with van der Waals surface area (Å²) in [6.07, 6.45) is 2.55. The molecule has 1 saturated heterocycles. The minimum atomic E-state index is 0.617. The Morgan fingerprint density at radius 1 is 1.50 bits per heavy atom. The lowest BCUT2D eigenvalue weighted by atomic mass is 10.2. The van der Waals surface area contributed by atoms with Gasteiger partial charge in [0.15, 0.2) is 0 Å². The smallest absolute Gasteiger partial charge is 0.242 e. The molecule has 78 valence electrons. The van der Waals surface area contributed by atoms with Gasteiger partial charge in [-0.2, -0.15) is 0 Å². The van der Waals surface area contributed by atoms with Crippen LogP contribution in [0.1, 0.15) is 12.8 Å². The van der Waals surface area contributed by atoms with Crippen molar-refractivity contribution in [2.75, 3.05) is 25.5 Å². The summed E-state index contributed by atoms with van der Waals surface area (Å²) in [5.41, 5.74) is 0. The first-order chi connectivity index (χ1) is 6.77. The topological polar surface area (TPSA) is 58.9 Å². The van der Waals surface area contributed by atoms with E-state index in [-0.39, 0.29) is 0 Å². The molecule has 1 unspecified atom stereocenters. The number of tetrazole rings is 1. The number of nitrogens with one attached hydrogen (secondary N) is 1. The Morgan fingerprint density at radius 3 is 2.93 bits per heavy atom. The second kappa shape index (κ2) is 3.91. The number of hydrogen-bond donors (Lipinski definition) is 1. The molecule has 14 heavy (non-hydrogen) atoms. The monoisotopic (exact) mass is 196 g/mol. The van der Waals surface area contributed by atoms with E-state index in [1.807, 2.05) is 7.05 Å². The molecule has 0 aromatic carbocycles. The lowest BCUT2D eigenvalue weighted by Gasteiger charge is -2.19. The molecule has 1 aromatic heterocycles. The third kappa shape index (κ3) is 1.84. The number of nitrogens with zero attached hydrogens (tertiary/aromatic N) is 5. The third-order valence-corrected chi connectivity index (χ3v) is 2.79. The van der Waals surface area contributed by atoms with Crippen LogP contribution in [0.2, 0.25) is 0 Å². The van der Waals surface area contributed by atoms with Gasteiger partial charge in [-0.25, -0.2) is 4.68 Å². The molecule has 0 amide bonds. The fourth-order valence-electron chi connectivity index (χ4n) is 1.83. The molecule has 1 atom stereocenters. The summed E-state index contributed by atoms with van der Waals surface area (Å²) < 4.78 is 1.65. The zero-order valence-electron chi connectivity index (χ0n) is 8.64. The second-order valence-electron chi connectivity index (χ2n) is 3.78. The lowest BCUT2D eigenvalue weighted by Crippen LogP contribution is -2.32. The van der Waals surface area contributed by atoms with Crippen LogP contribution in [0.4, 0.5) is 5.95 Å². The number of likely N-dealkylation sites (tertiary alicyclic amines) is 1. The molecule has 2 heterocycles. The van der Waals surface area contributed by atoms with Crippen molar-refractivity contribution in [1.82, 2.24) is 25.1 Å². The van der Waals surface area contributed by atoms with Crippen LogP contribution in [0, 0.1) is 0 Å². The van der Waals surface area contributed by atoms with Gasteiger partial charge >= 0.3 is 0 Å². The van der Waals surface area contributed by atoms with Crippen LogP contribution in [0.25, 0.3) is 0 Å². The Labute approximate surface area is 83.3 Å². The number of aromatic nitrogens is 4. The molecule has 6 heteroatoms. The van der Waals surface area contributed by atoms with Crippen molar-refractivity contribution in [3.63, 3.8) is 0 Å². The van der Waals surface area contributed by atoms with Gasteiger partial charge in [0, 0.05) is 19.6 Å². The van der Waals surface area contributed by atoms with E-state index in [9.17, 15) is 0 Å². The number of rotatable bonds is 3. The normalized spacial score (nSPS) is 22.9. The zero-order chi connectivity index (χ0) is 9.97. The van der Waals surface area contributed by atoms with E-state index in [2.05, 4.69) is 32.8 Å². The van der Waals surface area contributed by atoms with E-state index in [0.717, 1.165) is 12.5 Å². The van der Waals surface area contributed by atoms with Gasteiger partial charge in [0.2, 0.25) is 5.95 Å². The van der Waals surface area contributed by atoms with Gasteiger partial charge in [-0.1, -0.05) is 5.10 Å². The minimum absolute atomic E-state index is 0.617. The van der Waals surface area contributed by atoms with Gasteiger partial charge < -0.3 is 10.2 Å². The van der Waals surface area contributed by atoms with E-state index in [0.29, 0.717) is 6.04 Å². The fourth-order valence-corrected chi connectivity index (χ4v) is 1.83. The van der Waals surface area contributed by atoms with E-state index >= 15 is 0 Å². The van der Waals surface area contributed by atoms with E-state index < -0.39 is 0 Å². The average Bonchev–Trinajstić information content (AvgIpc) is 2.72. The molecule has 6 nitrogen and oxygen atoms in total. The van der Waals surface area contributed by atoms with Gasteiger partial charge in [-0.15, -0.1) is 0 Å². The first kappa shape index (κ1) is 9.39. The Bertz CT molecular complexity index is 296. The number of anilines is 1. The van der Waals surface area contributed by atoms with Crippen molar-refractivity contribution in [3.05, 3.63) is 0 Å². The summed E-state index contributed by atoms with van der Waals surface area (Å²) in [6, 6.07) is 0.617. The first-order valence-electron chi connectivity index (χ1n) is 4.94. The molecule has 0 spiro atoms. The molecule has 0 saturated carbocycles. The van der Waals surface area contributed by atoms with Gasteiger partial charge in [-0.05, 0) is 36.9 Å². The Hall–Kier alpha value is -1.17. The van der Waals surface area contributed by atoms with Crippen molar-refractivity contribution in [2.24, 2.45) is 7.05 Å². The maximum absolute atomic E-state index is 3.87. The van der Waals surface area contributed by atoms with Gasteiger partial charge in [-0.3, -0.25) is 0 Å². The maximum Gasteiger partial charge on any atom is 0.242 e. The molecule has 1 fully saturated rings. The summed E-state index contributed by atoms with van der Waals surface area (Å²) >= 11 is 0. The van der Waals surface area contributed by atoms with Crippen LogP contribution in [-0.4, -0.2) is 51.3 Å². The Balaban J connectivity index is 1.85. The molecule has 0 aliphatic carbocycles. The molecule has 0 bridgehead atoms. The van der Waals surface area contributed by atoms with E-state index in [1.54, 1.807) is 4.68 Å². The van der Waals surface area contributed by atoms with Crippen LogP contribution in [0.3, 0.4) is 0 Å². The Kier molecular flexibility index (Phi) is 2.62. The summed E-state index contributed by atoms with van der Waals surface area (Å²) in [4.78, 5) is 2.37. The molecular formula is C8H16N6. The number of hydrogen-bond acceptors (Lipinski definition) is 5. The maximum atomic E-state index is 3.87. The summed E-state index contributed by atoms with van der Waals surface area (Å²) in [6.45, 7) is 2.12. The average molecular weight is 196 g/mol. The summed E-state index contributed by atoms with van der Waals surface area (Å²) in [5.74, 6) is 0.741. The predicted molar refractivity (Wildman–Crippen MR) is 52.9 cm³/mol. The highest BCUT2D eigenvalue weighted by molar-refractivity contribution is 5.21. The van der Waals surface area contributed by atoms with Gasteiger partial charge in [0.25, 0.3) is 0 Å². The minimum Gasteiger partial charge on any atom is -0.352 e. The first-order valence-corrected chi connectivity index (χ1v) is 4.94. The third-order valence-electron chi connectivity index (χ3n) is 2.79. The zero-order valence-corrected chi connectivity index (χ0v) is 8.64. The number of likely N-dealkylation sites (N-methyl/N-ethyl adjacent to an activating group) is 1. The van der Waals surface area contributed by atoms with E-state index in [1.165, 1.54) is 19.4 Å². The highest BCUT2D eigenvalue weighted by atomic mass is 15.6. The molecule has 1 aliphatic rings. The van der Waals surface area contributed by atoms with Crippen LogP contribution in [0.5, 0.6) is 0 Å². The largest absolute Gasteiger partial charge is 0.352 e. The van der Waals surface area contributed by atoms with Crippen molar-refractivity contribution in [3.8, 4) is 0 Å². The Morgan fingerprint density at radius 2 is 2.36 bits per heavy atom. The highest BCUT2D eigenvalue weighted by Crippen LogP contribution is 2.14.